The minimum absolute atomic E-state index is 0.101. The maximum absolute atomic E-state index is 11.0. The Hall–Kier alpha value is -1.75. The Balaban J connectivity index is 3.37. The third-order valence-corrected chi connectivity index (χ3v) is 2.03. The molecule has 5 nitrogen and oxygen atoms in total. The summed E-state index contributed by atoms with van der Waals surface area (Å²) in [6, 6.07) is 2.73. The molecule has 0 saturated carbocycles. The lowest BCUT2D eigenvalue weighted by atomic mass is 10.1. The molecule has 0 saturated heterocycles. The van der Waals surface area contributed by atoms with Crippen LogP contribution < -0.4 is 10.1 Å². The summed E-state index contributed by atoms with van der Waals surface area (Å²) >= 11 is 5.76. The Bertz CT molecular complexity index is 445. The number of benzene rings is 1. The summed E-state index contributed by atoms with van der Waals surface area (Å²) in [7, 11) is 1.33. The second-order valence-electron chi connectivity index (χ2n) is 3.02. The Morgan fingerprint density at radius 3 is 2.50 bits per heavy atom. The van der Waals surface area contributed by atoms with E-state index in [-0.39, 0.29) is 27.9 Å². The van der Waals surface area contributed by atoms with Gasteiger partial charge in [-0.2, -0.15) is 0 Å². The van der Waals surface area contributed by atoms with Crippen LogP contribution in [0.4, 0.5) is 5.69 Å². The number of carboxylic acid groups (broad SMARTS) is 1. The molecule has 0 bridgehead atoms. The molecule has 1 aromatic carbocycles. The summed E-state index contributed by atoms with van der Waals surface area (Å²) in [5.41, 5.74) is -0.00792. The van der Waals surface area contributed by atoms with Gasteiger partial charge in [0, 0.05) is 11.9 Å². The van der Waals surface area contributed by atoms with Crippen LogP contribution in [-0.2, 0) is 4.79 Å². The summed E-state index contributed by atoms with van der Waals surface area (Å²) in [4.78, 5) is 21.9. The molecule has 0 atom stereocenters. The molecule has 6 heteroatoms. The standard InChI is InChI=1S/C10H10ClNO4/c1-5(13)12-7-3-6(11)4-8(16-2)9(7)10(14)15/h3-4H,1-2H3,(H,12,13)(H,14,15). The van der Waals surface area contributed by atoms with E-state index in [9.17, 15) is 9.59 Å². The van der Waals surface area contributed by atoms with Gasteiger partial charge < -0.3 is 15.2 Å². The summed E-state index contributed by atoms with van der Waals surface area (Å²) < 4.78 is 4.89. The lowest BCUT2D eigenvalue weighted by molar-refractivity contribution is -0.114. The molecule has 2 N–H and O–H groups in total. The lowest BCUT2D eigenvalue weighted by Crippen LogP contribution is -2.12. The SMILES string of the molecule is COc1cc(Cl)cc(NC(C)=O)c1C(=O)O. The zero-order chi connectivity index (χ0) is 12.3. The first-order valence-electron chi connectivity index (χ1n) is 4.34. The molecule has 0 unspecified atom stereocenters. The van der Waals surface area contributed by atoms with Gasteiger partial charge in [-0.1, -0.05) is 11.6 Å². The molecule has 0 fully saturated rings. The molecule has 16 heavy (non-hydrogen) atoms. The van der Waals surface area contributed by atoms with Crippen LogP contribution in [0.1, 0.15) is 17.3 Å². The van der Waals surface area contributed by atoms with Crippen LogP contribution in [0.15, 0.2) is 12.1 Å². The highest BCUT2D eigenvalue weighted by atomic mass is 35.5. The van der Waals surface area contributed by atoms with Crippen LogP contribution in [0.5, 0.6) is 5.75 Å². The molecule has 0 aliphatic heterocycles. The van der Waals surface area contributed by atoms with Crippen LogP contribution >= 0.6 is 11.6 Å². The van der Waals surface area contributed by atoms with E-state index in [2.05, 4.69) is 5.32 Å². The molecule has 1 rings (SSSR count). The zero-order valence-electron chi connectivity index (χ0n) is 8.70. The predicted octanol–water partition coefficient (Wildman–Crippen LogP) is 2.01. The molecular weight excluding hydrogens is 234 g/mol. The molecule has 0 aliphatic rings. The van der Waals surface area contributed by atoms with Crippen LogP contribution in [0.3, 0.4) is 0 Å². The molecule has 0 aliphatic carbocycles. The number of anilines is 1. The Morgan fingerprint density at radius 1 is 1.44 bits per heavy atom. The number of halogens is 1. The van der Waals surface area contributed by atoms with Crippen molar-refractivity contribution in [3.63, 3.8) is 0 Å². The Morgan fingerprint density at radius 2 is 2.06 bits per heavy atom. The number of hydrogen-bond donors (Lipinski definition) is 2. The zero-order valence-corrected chi connectivity index (χ0v) is 9.46. The van der Waals surface area contributed by atoms with Crippen molar-refractivity contribution in [2.24, 2.45) is 0 Å². The van der Waals surface area contributed by atoms with Gasteiger partial charge in [-0.05, 0) is 12.1 Å². The number of methoxy groups -OCH3 is 1. The van der Waals surface area contributed by atoms with Gasteiger partial charge in [-0.15, -0.1) is 0 Å². The number of ether oxygens (including phenoxy) is 1. The normalized spacial score (nSPS) is 9.69. The highest BCUT2D eigenvalue weighted by Gasteiger charge is 2.18. The third-order valence-electron chi connectivity index (χ3n) is 1.81. The first-order chi connectivity index (χ1) is 7.45. The molecule has 1 amide bonds. The fraction of sp³-hybridized carbons (Fsp3) is 0.200. The van der Waals surface area contributed by atoms with Gasteiger partial charge in [0.05, 0.1) is 12.8 Å². The van der Waals surface area contributed by atoms with E-state index in [1.54, 1.807) is 0 Å². The number of carboxylic acids is 1. The molecular formula is C10H10ClNO4. The molecule has 0 radical (unpaired) electrons. The van der Waals surface area contributed by atoms with Crippen molar-refractivity contribution >= 4 is 29.2 Å². The number of rotatable bonds is 3. The van der Waals surface area contributed by atoms with Gasteiger partial charge in [0.2, 0.25) is 5.91 Å². The van der Waals surface area contributed by atoms with Gasteiger partial charge in [-0.25, -0.2) is 4.79 Å². The summed E-state index contributed by atoms with van der Waals surface area (Å²) in [5, 5.41) is 11.7. The first kappa shape index (κ1) is 12.3. The number of aromatic carboxylic acids is 1. The number of amides is 1. The smallest absolute Gasteiger partial charge is 0.341 e. The van der Waals surface area contributed by atoms with Crippen molar-refractivity contribution in [3.8, 4) is 5.75 Å². The monoisotopic (exact) mass is 243 g/mol. The van der Waals surface area contributed by atoms with Gasteiger partial charge in [0.15, 0.2) is 0 Å². The highest BCUT2D eigenvalue weighted by Crippen LogP contribution is 2.31. The highest BCUT2D eigenvalue weighted by molar-refractivity contribution is 6.31. The van der Waals surface area contributed by atoms with Gasteiger partial charge in [-0.3, -0.25) is 4.79 Å². The minimum Gasteiger partial charge on any atom is -0.496 e. The van der Waals surface area contributed by atoms with E-state index in [0.29, 0.717) is 0 Å². The summed E-state index contributed by atoms with van der Waals surface area (Å²) in [5.74, 6) is -1.48. The summed E-state index contributed by atoms with van der Waals surface area (Å²) in [6.45, 7) is 1.28. The lowest BCUT2D eigenvalue weighted by Gasteiger charge is -2.11. The fourth-order valence-electron chi connectivity index (χ4n) is 1.25. The maximum atomic E-state index is 11.0. The average Bonchev–Trinajstić information content (AvgIpc) is 2.14. The number of carbonyl (C=O) groups excluding carboxylic acids is 1. The van der Waals surface area contributed by atoms with Crippen LogP contribution in [0.25, 0.3) is 0 Å². The van der Waals surface area contributed by atoms with E-state index < -0.39 is 5.97 Å². The minimum atomic E-state index is -1.20. The van der Waals surface area contributed by atoms with E-state index in [1.165, 1.54) is 26.2 Å². The van der Waals surface area contributed by atoms with E-state index in [1.807, 2.05) is 0 Å². The molecule has 86 valence electrons. The molecule has 0 spiro atoms. The van der Waals surface area contributed by atoms with Crippen molar-refractivity contribution in [1.82, 2.24) is 0 Å². The third kappa shape index (κ3) is 2.64. The Labute approximate surface area is 97.0 Å². The van der Waals surface area contributed by atoms with Gasteiger partial charge in [0.25, 0.3) is 0 Å². The van der Waals surface area contributed by atoms with Crippen molar-refractivity contribution in [2.75, 3.05) is 12.4 Å². The van der Waals surface area contributed by atoms with Crippen molar-refractivity contribution in [3.05, 3.63) is 22.7 Å². The maximum Gasteiger partial charge on any atom is 0.341 e. The van der Waals surface area contributed by atoms with Crippen LogP contribution in [0, 0.1) is 0 Å². The molecule has 1 aromatic rings. The fourth-order valence-corrected chi connectivity index (χ4v) is 1.46. The quantitative estimate of drug-likeness (QED) is 0.851. The second kappa shape index (κ2) is 4.85. The predicted molar refractivity (Wildman–Crippen MR) is 59.3 cm³/mol. The topological polar surface area (TPSA) is 75.6 Å². The van der Waals surface area contributed by atoms with E-state index in [0.717, 1.165) is 0 Å². The van der Waals surface area contributed by atoms with Crippen molar-refractivity contribution in [1.29, 1.82) is 0 Å². The number of carbonyl (C=O) groups is 2. The largest absolute Gasteiger partial charge is 0.496 e. The second-order valence-corrected chi connectivity index (χ2v) is 3.45. The average molecular weight is 244 g/mol. The summed E-state index contributed by atoms with van der Waals surface area (Å²) in [6.07, 6.45) is 0. The van der Waals surface area contributed by atoms with E-state index >= 15 is 0 Å². The van der Waals surface area contributed by atoms with Gasteiger partial charge in [0.1, 0.15) is 11.3 Å². The first-order valence-corrected chi connectivity index (χ1v) is 4.72. The van der Waals surface area contributed by atoms with Crippen LogP contribution in [-0.4, -0.2) is 24.1 Å². The molecule has 0 aromatic heterocycles. The van der Waals surface area contributed by atoms with E-state index in [4.69, 9.17) is 21.4 Å². The van der Waals surface area contributed by atoms with Gasteiger partial charge >= 0.3 is 5.97 Å². The van der Waals surface area contributed by atoms with Crippen LogP contribution in [0.2, 0.25) is 5.02 Å². The van der Waals surface area contributed by atoms with Crippen molar-refractivity contribution in [2.45, 2.75) is 6.92 Å². The molecule has 0 heterocycles. The number of hydrogen-bond acceptors (Lipinski definition) is 3. The number of nitrogens with one attached hydrogen (secondary N) is 1. The Kier molecular flexibility index (Phi) is 3.73. The van der Waals surface area contributed by atoms with Crippen molar-refractivity contribution < 1.29 is 19.4 Å².